The smallest absolute Gasteiger partial charge is 0.197 e. The summed E-state index contributed by atoms with van der Waals surface area (Å²) in [7, 11) is 0. The fraction of sp³-hybridized carbons (Fsp3) is 0.812. The number of aliphatic hydroxyl groups excluding tert-OH is 1. The zero-order chi connectivity index (χ0) is 28.2. The number of hydrogen-bond acceptors (Lipinski definition) is 3. The third kappa shape index (κ3) is 4.27. The van der Waals surface area contributed by atoms with Crippen LogP contribution in [0.1, 0.15) is 120 Å². The van der Waals surface area contributed by atoms with E-state index in [0.29, 0.717) is 6.42 Å². The van der Waals surface area contributed by atoms with Crippen molar-refractivity contribution in [2.45, 2.75) is 127 Å². The molecule has 3 saturated carbocycles. The maximum Gasteiger partial charge on any atom is 0.197 e. The molecule has 7 unspecified atom stereocenters. The van der Waals surface area contributed by atoms with Crippen LogP contribution in [0.4, 0.5) is 0 Å². The molecule has 0 aromatic carbocycles. The summed E-state index contributed by atoms with van der Waals surface area (Å²) in [5.41, 5.74) is 1.15. The molecule has 1 N–H and O–H groups in total. The van der Waals surface area contributed by atoms with E-state index < -0.39 is 8.84 Å². The van der Waals surface area contributed by atoms with Gasteiger partial charge in [0.2, 0.25) is 0 Å². The summed E-state index contributed by atoms with van der Waals surface area (Å²) in [6.45, 7) is 19.7. The van der Waals surface area contributed by atoms with Gasteiger partial charge in [-0.15, -0.1) is 0 Å². The molecule has 5 heteroatoms. The first-order valence-corrected chi connectivity index (χ1v) is 16.9. The average Bonchev–Trinajstić information content (AvgIpc) is 2.85. The van der Waals surface area contributed by atoms with Crippen LogP contribution in [0.15, 0.2) is 23.5 Å². The van der Waals surface area contributed by atoms with Gasteiger partial charge in [0.05, 0.1) is 3.42 Å². The minimum absolute atomic E-state index is 0.0713. The van der Waals surface area contributed by atoms with Crippen LogP contribution in [0.3, 0.4) is 0 Å². The van der Waals surface area contributed by atoms with Crippen LogP contribution >= 0.6 is 45.2 Å². The van der Waals surface area contributed by atoms with E-state index in [2.05, 4.69) is 79.8 Å². The molecule has 0 spiro atoms. The molecule has 0 heterocycles. The Kier molecular flexibility index (Phi) is 8.95. The molecule has 0 radical (unpaired) electrons. The molecule has 5 aliphatic carbocycles. The average molecular weight is 737 g/mol. The summed E-state index contributed by atoms with van der Waals surface area (Å²) in [5, 5.41) is 10.4. The lowest BCUT2D eigenvalue weighted by atomic mass is 9.39. The number of Topliss-reactive ketones (excluding diaryl/α,β-unsaturated/α-hetero) is 1. The summed E-state index contributed by atoms with van der Waals surface area (Å²) in [6.07, 6.45) is 13.2. The van der Waals surface area contributed by atoms with Gasteiger partial charge in [-0.3, -0.25) is 9.59 Å². The van der Waals surface area contributed by atoms with Crippen molar-refractivity contribution < 1.29 is 14.7 Å². The van der Waals surface area contributed by atoms with Gasteiger partial charge in [-0.25, -0.2) is 0 Å². The maximum atomic E-state index is 14.4. The van der Waals surface area contributed by atoms with Gasteiger partial charge in [-0.1, -0.05) is 113 Å². The van der Waals surface area contributed by atoms with Gasteiger partial charge in [0, 0.05) is 11.8 Å². The predicted molar refractivity (Wildman–Crippen MR) is 172 cm³/mol. The van der Waals surface area contributed by atoms with Crippen molar-refractivity contribution in [1.82, 2.24) is 0 Å². The Labute approximate surface area is 253 Å². The number of aliphatic hydroxyl groups is 1. The van der Waals surface area contributed by atoms with Crippen molar-refractivity contribution in [3.63, 3.8) is 0 Å². The summed E-state index contributed by atoms with van der Waals surface area (Å²) in [6, 6.07) is 0. The molecule has 3 fully saturated rings. The van der Waals surface area contributed by atoms with Crippen LogP contribution in [0, 0.1) is 33.5 Å². The van der Waals surface area contributed by atoms with Crippen LogP contribution in [0.2, 0.25) is 0 Å². The fourth-order valence-corrected chi connectivity index (χ4v) is 13.6. The summed E-state index contributed by atoms with van der Waals surface area (Å²) < 4.78 is -0.493. The highest BCUT2D eigenvalue weighted by Gasteiger charge is 2.74. The van der Waals surface area contributed by atoms with Crippen LogP contribution < -0.4 is 0 Å². The summed E-state index contributed by atoms with van der Waals surface area (Å²) >= 11 is 5.41. The molecule has 210 valence electrons. The van der Waals surface area contributed by atoms with Gasteiger partial charge in [-0.05, 0) is 91.6 Å². The molecule has 0 aromatic heterocycles. The van der Waals surface area contributed by atoms with E-state index in [9.17, 15) is 14.7 Å². The number of carbonyl (C=O) groups is 2. The number of carbonyl (C=O) groups excluding carboxylic acids is 2. The lowest BCUT2D eigenvalue weighted by Crippen LogP contribution is -2.73. The minimum Gasteiger partial charge on any atom is -0.505 e. The molecule has 0 aromatic rings. The van der Waals surface area contributed by atoms with E-state index in [0.717, 1.165) is 32.1 Å². The molecule has 7 atom stereocenters. The topological polar surface area (TPSA) is 54.4 Å². The minimum atomic E-state index is -0.422. The van der Waals surface area contributed by atoms with Crippen molar-refractivity contribution in [2.75, 3.05) is 0 Å². The summed E-state index contributed by atoms with van der Waals surface area (Å²) in [4.78, 5) is 26.7. The number of rotatable bonds is 1. The second-order valence-corrected chi connectivity index (χ2v) is 16.6. The van der Waals surface area contributed by atoms with Crippen LogP contribution in [-0.2, 0) is 9.59 Å². The zero-order valence-corrected chi connectivity index (χ0v) is 29.0. The quantitative estimate of drug-likeness (QED) is 0.216. The van der Waals surface area contributed by atoms with E-state index >= 15 is 0 Å². The predicted octanol–water partition coefficient (Wildman–Crippen LogP) is 9.75. The Morgan fingerprint density at radius 1 is 0.946 bits per heavy atom. The molecule has 5 rings (SSSR count). The Hall–Kier alpha value is 0.0800. The van der Waals surface area contributed by atoms with Crippen LogP contribution in [-0.4, -0.2) is 23.5 Å². The summed E-state index contributed by atoms with van der Waals surface area (Å²) in [5.74, 6) is 0.500. The van der Waals surface area contributed by atoms with Crippen molar-refractivity contribution >= 4 is 56.7 Å². The molecular weight excluding hydrogens is 686 g/mol. The van der Waals surface area contributed by atoms with E-state index in [4.69, 9.17) is 0 Å². The normalized spacial score (nSPS) is 45.7. The monoisotopic (exact) mass is 736 g/mol. The SMILES string of the molecule is CC.CC.CCC12CCC3C4(C)CCC5CC(=O)C(O)=CC5(C)C4=CC(=O)C3(I)C1(I)CC(C)(C)CC2. The number of allylic oxidation sites excluding steroid dienone is 4. The fourth-order valence-electron chi connectivity index (χ4n) is 9.07. The second-order valence-electron chi connectivity index (χ2n) is 13.1. The molecule has 0 aliphatic heterocycles. The standard InChI is InChI=1S/C28H38I2O3.2C2H6/c1-6-26-10-8-20-24(4)9-7-17-13-18(31)19(32)15-25(17,5)21(24)14-22(33)28(20,30)27(26,29)16-23(2,3)11-12-26;2*1-2/h14-15,17,20,32H,6-13,16H2,1-5H3;2*1-2H3. The highest BCUT2D eigenvalue weighted by molar-refractivity contribution is 14.1. The molecular formula is C32H50I2O3. The van der Waals surface area contributed by atoms with Crippen molar-refractivity contribution in [3.05, 3.63) is 23.5 Å². The van der Waals surface area contributed by atoms with Crippen molar-refractivity contribution in [2.24, 2.45) is 33.5 Å². The largest absolute Gasteiger partial charge is 0.505 e. The lowest BCUT2D eigenvalue weighted by Gasteiger charge is -2.70. The molecule has 0 bridgehead atoms. The van der Waals surface area contributed by atoms with Gasteiger partial charge in [0.1, 0.15) is 3.42 Å². The molecule has 0 saturated heterocycles. The molecule has 0 amide bonds. The number of halogens is 2. The van der Waals surface area contributed by atoms with E-state index in [1.807, 2.05) is 33.8 Å². The van der Waals surface area contributed by atoms with E-state index in [-0.39, 0.29) is 48.8 Å². The number of alkyl halides is 2. The first-order valence-electron chi connectivity index (χ1n) is 14.8. The second kappa shape index (κ2) is 10.5. The Bertz CT molecular complexity index is 998. The van der Waals surface area contributed by atoms with Crippen molar-refractivity contribution in [3.8, 4) is 0 Å². The van der Waals surface area contributed by atoms with Gasteiger partial charge in [0.25, 0.3) is 0 Å². The van der Waals surface area contributed by atoms with Gasteiger partial charge in [0.15, 0.2) is 17.3 Å². The third-order valence-corrected chi connectivity index (χ3v) is 16.7. The molecule has 5 aliphatic rings. The Morgan fingerprint density at radius 2 is 1.57 bits per heavy atom. The van der Waals surface area contributed by atoms with Gasteiger partial charge >= 0.3 is 0 Å². The Balaban J connectivity index is 0.000000907. The molecule has 37 heavy (non-hydrogen) atoms. The van der Waals surface area contributed by atoms with E-state index in [1.165, 1.54) is 24.8 Å². The highest BCUT2D eigenvalue weighted by Crippen LogP contribution is 2.76. The third-order valence-electron chi connectivity index (χ3n) is 11.1. The lowest BCUT2D eigenvalue weighted by molar-refractivity contribution is -0.131. The first kappa shape index (κ1) is 31.6. The highest BCUT2D eigenvalue weighted by atomic mass is 127. The zero-order valence-electron chi connectivity index (χ0n) is 24.7. The number of fused-ring (bicyclic) bond motifs is 7. The van der Waals surface area contributed by atoms with Gasteiger partial charge < -0.3 is 5.11 Å². The van der Waals surface area contributed by atoms with Crippen molar-refractivity contribution in [1.29, 1.82) is 0 Å². The number of ketones is 2. The number of hydrogen-bond donors (Lipinski definition) is 1. The maximum absolute atomic E-state index is 14.4. The van der Waals surface area contributed by atoms with Crippen LogP contribution in [0.25, 0.3) is 0 Å². The Morgan fingerprint density at radius 3 is 2.16 bits per heavy atom. The molecule has 3 nitrogen and oxygen atoms in total. The van der Waals surface area contributed by atoms with E-state index in [1.54, 1.807) is 6.08 Å². The van der Waals surface area contributed by atoms with Gasteiger partial charge in [-0.2, -0.15) is 0 Å². The van der Waals surface area contributed by atoms with Crippen LogP contribution in [0.5, 0.6) is 0 Å². The first-order chi connectivity index (χ1) is 17.2.